The van der Waals surface area contributed by atoms with Gasteiger partial charge >= 0.3 is 0 Å². The van der Waals surface area contributed by atoms with Crippen molar-refractivity contribution in [1.82, 2.24) is 14.9 Å². The molecule has 1 aromatic carbocycles. The van der Waals surface area contributed by atoms with Crippen molar-refractivity contribution in [3.8, 4) is 11.1 Å². The molecule has 0 saturated heterocycles. The Kier molecular flexibility index (Phi) is 6.36. The molecular weight excluding hydrogens is 410 g/mol. The largest absolute Gasteiger partial charge is 0.468 e. The highest BCUT2D eigenvalue weighted by Gasteiger charge is 2.19. The van der Waals surface area contributed by atoms with Gasteiger partial charge in [0.15, 0.2) is 0 Å². The van der Waals surface area contributed by atoms with Crippen molar-refractivity contribution in [2.24, 2.45) is 5.92 Å². The Hall–Kier alpha value is -2.74. The van der Waals surface area contributed by atoms with Crippen LogP contribution in [0.15, 0.2) is 57.3 Å². The molecule has 0 unspecified atom stereocenters. The molecule has 3 heterocycles. The van der Waals surface area contributed by atoms with Crippen LogP contribution in [0.2, 0.25) is 0 Å². The van der Waals surface area contributed by atoms with E-state index in [9.17, 15) is 9.90 Å². The molecule has 7 heteroatoms. The first-order chi connectivity index (χ1) is 14.9. The van der Waals surface area contributed by atoms with Gasteiger partial charge in [0.2, 0.25) is 0 Å². The Labute approximate surface area is 185 Å². The standard InChI is InChI=1S/C24H27N3O3S/c1-15(2)20(28)12-27(11-17-8-6-10-30-17)13-21-25-23(29)22-19(14-31-24(22)26-21)18-9-5-4-7-16(18)3/h4-10,14-15,20,28H,11-13H2,1-3H3,(H,25,26,29)/t20-/m0/s1. The van der Waals surface area contributed by atoms with Gasteiger partial charge in [0, 0.05) is 17.5 Å². The number of nitrogens with zero attached hydrogens (tertiary/aromatic N) is 2. The number of hydrogen-bond donors (Lipinski definition) is 2. The van der Waals surface area contributed by atoms with Crippen molar-refractivity contribution in [2.75, 3.05) is 6.54 Å². The number of aryl methyl sites for hydroxylation is 1. The molecule has 6 nitrogen and oxygen atoms in total. The van der Waals surface area contributed by atoms with Crippen molar-refractivity contribution >= 4 is 21.6 Å². The zero-order chi connectivity index (χ0) is 22.0. The molecule has 0 fully saturated rings. The molecule has 4 aromatic rings. The smallest absolute Gasteiger partial charge is 0.260 e. The van der Waals surface area contributed by atoms with Crippen LogP contribution in [0.5, 0.6) is 0 Å². The summed E-state index contributed by atoms with van der Waals surface area (Å²) in [5, 5.41) is 13.1. The molecule has 0 radical (unpaired) electrons. The van der Waals surface area contributed by atoms with Gasteiger partial charge in [-0.15, -0.1) is 11.3 Å². The quantitative estimate of drug-likeness (QED) is 0.422. The van der Waals surface area contributed by atoms with Crippen LogP contribution < -0.4 is 5.56 Å². The second kappa shape index (κ2) is 9.18. The molecule has 0 bridgehead atoms. The fourth-order valence-corrected chi connectivity index (χ4v) is 4.59. The Bertz CT molecular complexity index is 1210. The molecule has 1 atom stereocenters. The zero-order valence-corrected chi connectivity index (χ0v) is 18.8. The van der Waals surface area contributed by atoms with Crippen LogP contribution in [-0.2, 0) is 13.1 Å². The predicted molar refractivity (Wildman–Crippen MR) is 124 cm³/mol. The normalized spacial score (nSPS) is 12.8. The van der Waals surface area contributed by atoms with Gasteiger partial charge in [-0.05, 0) is 36.1 Å². The fourth-order valence-electron chi connectivity index (χ4n) is 3.64. The van der Waals surface area contributed by atoms with Gasteiger partial charge in [-0.3, -0.25) is 9.69 Å². The number of aromatic nitrogens is 2. The maximum atomic E-state index is 13.0. The first-order valence-electron chi connectivity index (χ1n) is 10.4. The summed E-state index contributed by atoms with van der Waals surface area (Å²) in [6.45, 7) is 7.41. The topological polar surface area (TPSA) is 82.4 Å². The van der Waals surface area contributed by atoms with Crippen molar-refractivity contribution in [1.29, 1.82) is 0 Å². The van der Waals surface area contributed by atoms with Crippen molar-refractivity contribution in [3.05, 3.63) is 75.5 Å². The lowest BCUT2D eigenvalue weighted by molar-refractivity contribution is 0.0660. The molecule has 31 heavy (non-hydrogen) atoms. The summed E-state index contributed by atoms with van der Waals surface area (Å²) >= 11 is 1.48. The van der Waals surface area contributed by atoms with E-state index in [0.29, 0.717) is 30.8 Å². The van der Waals surface area contributed by atoms with Crippen LogP contribution in [-0.4, -0.2) is 32.6 Å². The van der Waals surface area contributed by atoms with Crippen LogP contribution in [0.1, 0.15) is 31.0 Å². The number of furan rings is 1. The monoisotopic (exact) mass is 437 g/mol. The van der Waals surface area contributed by atoms with E-state index in [2.05, 4.69) is 4.98 Å². The third-order valence-corrected chi connectivity index (χ3v) is 6.35. The molecule has 4 rings (SSSR count). The van der Waals surface area contributed by atoms with Gasteiger partial charge in [0.25, 0.3) is 5.56 Å². The number of aliphatic hydroxyl groups excluding tert-OH is 1. The Morgan fingerprint density at radius 3 is 2.68 bits per heavy atom. The van der Waals surface area contributed by atoms with Crippen molar-refractivity contribution in [2.45, 2.75) is 40.0 Å². The van der Waals surface area contributed by atoms with E-state index in [0.717, 1.165) is 27.3 Å². The van der Waals surface area contributed by atoms with Crippen LogP contribution in [0.4, 0.5) is 0 Å². The van der Waals surface area contributed by atoms with E-state index >= 15 is 0 Å². The average Bonchev–Trinajstić information content (AvgIpc) is 3.38. The van der Waals surface area contributed by atoms with Crippen LogP contribution >= 0.6 is 11.3 Å². The van der Waals surface area contributed by atoms with Crippen LogP contribution in [0.3, 0.4) is 0 Å². The average molecular weight is 438 g/mol. The summed E-state index contributed by atoms with van der Waals surface area (Å²) in [4.78, 5) is 23.5. The minimum Gasteiger partial charge on any atom is -0.468 e. The lowest BCUT2D eigenvalue weighted by Gasteiger charge is -2.25. The second-order valence-corrected chi connectivity index (χ2v) is 9.08. The Morgan fingerprint density at radius 2 is 1.97 bits per heavy atom. The third-order valence-electron chi connectivity index (χ3n) is 5.48. The molecule has 162 valence electrons. The summed E-state index contributed by atoms with van der Waals surface area (Å²) in [7, 11) is 0. The van der Waals surface area contributed by atoms with Gasteiger partial charge in [-0.25, -0.2) is 4.98 Å². The number of thiophene rings is 1. The third kappa shape index (κ3) is 4.79. The molecule has 0 spiro atoms. The van der Waals surface area contributed by atoms with E-state index in [1.54, 1.807) is 6.26 Å². The number of benzene rings is 1. The number of H-pyrrole nitrogens is 1. The van der Waals surface area contributed by atoms with Gasteiger partial charge < -0.3 is 14.5 Å². The minimum atomic E-state index is -0.486. The van der Waals surface area contributed by atoms with E-state index in [1.165, 1.54) is 11.3 Å². The summed E-state index contributed by atoms with van der Waals surface area (Å²) in [6.07, 6.45) is 1.15. The highest BCUT2D eigenvalue weighted by atomic mass is 32.1. The van der Waals surface area contributed by atoms with Gasteiger partial charge in [-0.2, -0.15) is 0 Å². The van der Waals surface area contributed by atoms with E-state index in [-0.39, 0.29) is 11.5 Å². The maximum absolute atomic E-state index is 13.0. The van der Waals surface area contributed by atoms with Gasteiger partial charge in [0.1, 0.15) is 16.4 Å². The predicted octanol–water partition coefficient (Wildman–Crippen LogP) is 4.57. The van der Waals surface area contributed by atoms with Gasteiger partial charge in [0.05, 0.1) is 30.8 Å². The summed E-state index contributed by atoms with van der Waals surface area (Å²) in [5.74, 6) is 1.51. The number of rotatable bonds is 8. The lowest BCUT2D eigenvalue weighted by Crippen LogP contribution is -2.35. The van der Waals surface area contributed by atoms with E-state index in [4.69, 9.17) is 9.40 Å². The van der Waals surface area contributed by atoms with Gasteiger partial charge in [-0.1, -0.05) is 38.1 Å². The van der Waals surface area contributed by atoms with E-state index < -0.39 is 6.10 Å². The van der Waals surface area contributed by atoms with Crippen LogP contribution in [0.25, 0.3) is 21.3 Å². The molecule has 0 amide bonds. The summed E-state index contributed by atoms with van der Waals surface area (Å²) in [6, 6.07) is 11.8. The first-order valence-corrected chi connectivity index (χ1v) is 11.3. The SMILES string of the molecule is Cc1ccccc1-c1csc2nc(CN(Cc3ccco3)C[C@H](O)C(C)C)[nH]c(=O)c12. The highest BCUT2D eigenvalue weighted by molar-refractivity contribution is 7.17. The first kappa shape index (κ1) is 21.5. The van der Waals surface area contributed by atoms with Crippen molar-refractivity contribution < 1.29 is 9.52 Å². The fraction of sp³-hybridized carbons (Fsp3) is 0.333. The van der Waals surface area contributed by atoms with Crippen LogP contribution in [0, 0.1) is 12.8 Å². The number of aliphatic hydroxyl groups is 1. The number of nitrogens with one attached hydrogen (secondary N) is 1. The molecule has 0 saturated carbocycles. The highest BCUT2D eigenvalue weighted by Crippen LogP contribution is 2.32. The molecule has 0 aliphatic heterocycles. The number of aromatic amines is 1. The summed E-state index contributed by atoms with van der Waals surface area (Å²) in [5.41, 5.74) is 2.95. The zero-order valence-electron chi connectivity index (χ0n) is 18.0. The Morgan fingerprint density at radius 1 is 1.16 bits per heavy atom. The molecule has 3 aromatic heterocycles. The Balaban J connectivity index is 1.65. The molecular formula is C24H27N3O3S. The molecule has 0 aliphatic rings. The van der Waals surface area contributed by atoms with E-state index in [1.807, 2.05) is 67.4 Å². The number of hydrogen-bond acceptors (Lipinski definition) is 6. The molecule has 2 N–H and O–H groups in total. The van der Waals surface area contributed by atoms with Crippen molar-refractivity contribution in [3.63, 3.8) is 0 Å². The number of fused-ring (bicyclic) bond motifs is 1. The summed E-state index contributed by atoms with van der Waals surface area (Å²) < 4.78 is 5.49. The molecule has 0 aliphatic carbocycles. The minimum absolute atomic E-state index is 0.127. The lowest BCUT2D eigenvalue weighted by atomic mass is 10.0. The maximum Gasteiger partial charge on any atom is 0.260 e. The second-order valence-electron chi connectivity index (χ2n) is 8.22.